The van der Waals surface area contributed by atoms with Crippen LogP contribution >= 0.6 is 0 Å². The maximum atomic E-state index is 13.2. The summed E-state index contributed by atoms with van der Waals surface area (Å²) in [6, 6.07) is 9.23. The Morgan fingerprint density at radius 3 is 2.67 bits per heavy atom. The summed E-state index contributed by atoms with van der Waals surface area (Å²) in [4.78, 5) is 30.6. The zero-order chi connectivity index (χ0) is 25.4. The maximum absolute atomic E-state index is 13.2. The van der Waals surface area contributed by atoms with E-state index in [4.69, 9.17) is 0 Å². The number of aryl methyl sites for hydroxylation is 3. The highest BCUT2D eigenvalue weighted by Gasteiger charge is 2.42. The van der Waals surface area contributed by atoms with E-state index in [0.29, 0.717) is 59.3 Å². The number of imidazole rings is 1. The minimum absolute atomic E-state index is 0.0489. The molecule has 0 spiro atoms. The van der Waals surface area contributed by atoms with Crippen LogP contribution in [0.1, 0.15) is 52.0 Å². The number of nitrogens with zero attached hydrogens (tertiary/aromatic N) is 5. The van der Waals surface area contributed by atoms with Crippen molar-refractivity contribution in [2.75, 3.05) is 0 Å². The minimum atomic E-state index is -4.20. The zero-order valence-corrected chi connectivity index (χ0v) is 19.9. The summed E-state index contributed by atoms with van der Waals surface area (Å²) in [6.07, 6.45) is 0.0871. The molecule has 1 unspecified atom stereocenters. The number of amides is 1. The van der Waals surface area contributed by atoms with Gasteiger partial charge >= 0.3 is 6.18 Å². The summed E-state index contributed by atoms with van der Waals surface area (Å²) < 4.78 is 41.2. The van der Waals surface area contributed by atoms with Crippen LogP contribution in [0.3, 0.4) is 0 Å². The molecule has 0 bridgehead atoms. The highest BCUT2D eigenvalue weighted by Crippen LogP contribution is 2.37. The third kappa shape index (κ3) is 4.55. The number of alkyl halides is 3. The average Bonchev–Trinajstić information content (AvgIpc) is 3.25. The minimum Gasteiger partial charge on any atom is -0.347 e. The molecule has 1 aliphatic carbocycles. The summed E-state index contributed by atoms with van der Waals surface area (Å²) in [6.45, 7) is 4.00. The van der Waals surface area contributed by atoms with E-state index in [9.17, 15) is 18.0 Å². The lowest BCUT2D eigenvalue weighted by Gasteiger charge is -2.27. The normalized spacial score (nSPS) is 15.6. The molecule has 0 fully saturated rings. The molecule has 3 heterocycles. The van der Waals surface area contributed by atoms with Crippen molar-refractivity contribution in [3.05, 3.63) is 76.6 Å². The Balaban J connectivity index is 1.30. The predicted molar refractivity (Wildman–Crippen MR) is 127 cm³/mol. The predicted octanol–water partition coefficient (Wildman–Crippen LogP) is 4.65. The molecule has 5 rings (SSSR count). The molecule has 0 saturated carbocycles. The second-order valence-corrected chi connectivity index (χ2v) is 8.97. The number of carbonyl (C=O) groups excluding carboxylic acids is 1. The first-order chi connectivity index (χ1) is 17.2. The van der Waals surface area contributed by atoms with Crippen molar-refractivity contribution >= 4 is 11.7 Å². The lowest BCUT2D eigenvalue weighted by Crippen LogP contribution is -2.30. The fourth-order valence-electron chi connectivity index (χ4n) is 4.65. The van der Waals surface area contributed by atoms with Gasteiger partial charge in [-0.25, -0.2) is 19.9 Å². The van der Waals surface area contributed by atoms with Crippen molar-refractivity contribution < 1.29 is 18.0 Å². The van der Waals surface area contributed by atoms with E-state index in [-0.39, 0.29) is 18.7 Å². The topological polar surface area (TPSA) is 85.1 Å². The van der Waals surface area contributed by atoms with Crippen LogP contribution in [-0.2, 0) is 25.8 Å². The Morgan fingerprint density at radius 2 is 1.94 bits per heavy atom. The highest BCUT2D eigenvalue weighted by atomic mass is 19.4. The number of hydrogen-bond acceptors (Lipinski definition) is 5. The van der Waals surface area contributed by atoms with E-state index in [1.807, 2.05) is 31.2 Å². The van der Waals surface area contributed by atoms with Gasteiger partial charge in [0.05, 0.1) is 11.6 Å². The van der Waals surface area contributed by atoms with Gasteiger partial charge in [0.1, 0.15) is 5.69 Å². The van der Waals surface area contributed by atoms with Crippen molar-refractivity contribution in [3.8, 4) is 11.4 Å². The van der Waals surface area contributed by atoms with Crippen LogP contribution in [0, 0.1) is 12.8 Å². The van der Waals surface area contributed by atoms with E-state index in [2.05, 4.69) is 25.3 Å². The van der Waals surface area contributed by atoms with Gasteiger partial charge in [-0.05, 0) is 49.8 Å². The van der Waals surface area contributed by atoms with E-state index in [0.717, 1.165) is 11.1 Å². The molecule has 186 valence electrons. The Morgan fingerprint density at radius 1 is 1.17 bits per heavy atom. The molecule has 10 heteroatoms. The largest absolute Gasteiger partial charge is 0.392 e. The first-order valence-electron chi connectivity index (χ1n) is 11.9. The van der Waals surface area contributed by atoms with Gasteiger partial charge in [0, 0.05) is 35.9 Å². The molecular weight excluding hydrogens is 469 g/mol. The fraction of sp³-hybridized carbons (Fsp3) is 0.346. The van der Waals surface area contributed by atoms with Crippen LogP contribution in [-0.4, -0.2) is 36.4 Å². The number of rotatable bonds is 5. The number of aromatic nitrogens is 5. The van der Waals surface area contributed by atoms with Gasteiger partial charge in [0.2, 0.25) is 5.78 Å². The molecule has 36 heavy (non-hydrogen) atoms. The van der Waals surface area contributed by atoms with Crippen LogP contribution in [0.4, 0.5) is 13.2 Å². The quantitative estimate of drug-likeness (QED) is 0.437. The number of hydrogen-bond donors (Lipinski definition) is 1. The molecule has 4 aromatic rings. The second kappa shape index (κ2) is 9.33. The Kier molecular flexibility index (Phi) is 6.19. The molecule has 1 aromatic carbocycles. The molecule has 1 N–H and O–H groups in total. The molecule has 1 aliphatic rings. The van der Waals surface area contributed by atoms with Crippen LogP contribution in [0.2, 0.25) is 0 Å². The second-order valence-electron chi connectivity index (χ2n) is 8.97. The first kappa shape index (κ1) is 23.9. The number of fused-ring (bicyclic) bond motifs is 2. The Hall–Kier alpha value is -3.82. The fourth-order valence-corrected chi connectivity index (χ4v) is 4.65. The van der Waals surface area contributed by atoms with E-state index >= 15 is 0 Å². The van der Waals surface area contributed by atoms with Crippen molar-refractivity contribution in [3.63, 3.8) is 0 Å². The summed E-state index contributed by atoms with van der Waals surface area (Å²) in [5.41, 5.74) is 4.72. The van der Waals surface area contributed by atoms with Gasteiger partial charge in [-0.2, -0.15) is 13.2 Å². The maximum Gasteiger partial charge on any atom is 0.392 e. The molecule has 1 atom stereocenters. The Labute approximate surface area is 205 Å². The summed E-state index contributed by atoms with van der Waals surface area (Å²) in [7, 11) is 0. The van der Waals surface area contributed by atoms with Gasteiger partial charge in [-0.1, -0.05) is 31.2 Å². The summed E-state index contributed by atoms with van der Waals surface area (Å²) in [5.74, 6) is -0.587. The van der Waals surface area contributed by atoms with Gasteiger partial charge in [-0.3, -0.25) is 9.20 Å². The third-order valence-electron chi connectivity index (χ3n) is 6.63. The number of nitrogens with one attached hydrogen (secondary N) is 1. The Bertz CT molecular complexity index is 1430. The van der Waals surface area contributed by atoms with Gasteiger partial charge in [0.15, 0.2) is 5.82 Å². The van der Waals surface area contributed by atoms with Crippen LogP contribution in [0.5, 0.6) is 0 Å². The standard InChI is InChI=1S/C26H25F3N6O/c1-3-20-22(35-12-4-11-30-25(35)34-20)24(36)31-14-16-5-7-17(8-6-16)23-32-15(2)19-13-18(26(27,28)29)9-10-21(19)33-23/h4-8,11-12,18H,3,9-10,13-14H2,1-2H3,(H,31,36). The van der Waals surface area contributed by atoms with Gasteiger partial charge in [-0.15, -0.1) is 0 Å². The summed E-state index contributed by atoms with van der Waals surface area (Å²) in [5, 5.41) is 2.94. The number of carbonyl (C=O) groups is 1. The van der Waals surface area contributed by atoms with Gasteiger partial charge < -0.3 is 5.32 Å². The SMILES string of the molecule is CCc1nc2ncccn2c1C(=O)NCc1ccc(-c2nc(C)c3c(n2)CCC(C(F)(F)F)C3)cc1. The first-order valence-corrected chi connectivity index (χ1v) is 11.9. The number of halogens is 3. The smallest absolute Gasteiger partial charge is 0.347 e. The zero-order valence-electron chi connectivity index (χ0n) is 19.9. The third-order valence-corrected chi connectivity index (χ3v) is 6.63. The lowest BCUT2D eigenvalue weighted by molar-refractivity contribution is -0.177. The van der Waals surface area contributed by atoms with E-state index in [1.54, 1.807) is 29.8 Å². The van der Waals surface area contributed by atoms with Crippen LogP contribution < -0.4 is 5.32 Å². The molecular formula is C26H25F3N6O. The molecule has 0 saturated heterocycles. The van der Waals surface area contributed by atoms with E-state index < -0.39 is 12.1 Å². The van der Waals surface area contributed by atoms with Crippen molar-refractivity contribution in [2.24, 2.45) is 5.92 Å². The van der Waals surface area contributed by atoms with Crippen molar-refractivity contribution in [1.82, 2.24) is 29.7 Å². The highest BCUT2D eigenvalue weighted by molar-refractivity contribution is 5.94. The number of benzene rings is 1. The monoisotopic (exact) mass is 494 g/mol. The van der Waals surface area contributed by atoms with Crippen LogP contribution in [0.15, 0.2) is 42.7 Å². The average molecular weight is 495 g/mol. The molecule has 0 aliphatic heterocycles. The molecule has 1 amide bonds. The molecule has 0 radical (unpaired) electrons. The van der Waals surface area contributed by atoms with Crippen LogP contribution in [0.25, 0.3) is 17.2 Å². The molecule has 3 aromatic heterocycles. The van der Waals surface area contributed by atoms with E-state index in [1.165, 1.54) is 0 Å². The summed E-state index contributed by atoms with van der Waals surface area (Å²) >= 11 is 0. The lowest BCUT2D eigenvalue weighted by atomic mass is 9.85. The molecule has 7 nitrogen and oxygen atoms in total. The van der Waals surface area contributed by atoms with Crippen molar-refractivity contribution in [2.45, 2.75) is 52.3 Å². The van der Waals surface area contributed by atoms with Crippen molar-refractivity contribution in [1.29, 1.82) is 0 Å². The van der Waals surface area contributed by atoms with Gasteiger partial charge in [0.25, 0.3) is 5.91 Å².